The summed E-state index contributed by atoms with van der Waals surface area (Å²) in [4.78, 5) is 33.5. The summed E-state index contributed by atoms with van der Waals surface area (Å²) in [6, 6.07) is 31.4. The largest absolute Gasteiger partial charge is 0.493 e. The van der Waals surface area contributed by atoms with Gasteiger partial charge in [-0.2, -0.15) is 0 Å². The number of nitrogens with zero attached hydrogens (tertiary/aromatic N) is 2. The van der Waals surface area contributed by atoms with Crippen LogP contribution in [0.25, 0.3) is 11.8 Å². The summed E-state index contributed by atoms with van der Waals surface area (Å²) < 4.78 is 24.8. The van der Waals surface area contributed by atoms with Crippen molar-refractivity contribution in [2.45, 2.75) is 19.6 Å². The molecular weight excluding hydrogens is 600 g/mol. The van der Waals surface area contributed by atoms with Gasteiger partial charge in [-0.15, -0.1) is 0 Å². The number of fused-ring (bicyclic) bond motifs is 1. The molecular formula is C37H32N2O6S. The normalized spacial score (nSPS) is 14.3. The van der Waals surface area contributed by atoms with Crippen LogP contribution in [-0.2, 0) is 16.1 Å². The van der Waals surface area contributed by atoms with Gasteiger partial charge in [-0.05, 0) is 42.3 Å². The summed E-state index contributed by atoms with van der Waals surface area (Å²) >= 11 is 1.25. The summed E-state index contributed by atoms with van der Waals surface area (Å²) in [5, 5.41) is 0. The lowest BCUT2D eigenvalue weighted by Crippen LogP contribution is -2.40. The van der Waals surface area contributed by atoms with Gasteiger partial charge >= 0.3 is 5.97 Å². The molecule has 1 aliphatic heterocycles. The number of thiazole rings is 1. The first-order chi connectivity index (χ1) is 22.5. The average Bonchev–Trinajstić information content (AvgIpc) is 3.41. The van der Waals surface area contributed by atoms with Crippen LogP contribution >= 0.6 is 11.3 Å². The van der Waals surface area contributed by atoms with Crippen LogP contribution in [0.3, 0.4) is 0 Å². The highest BCUT2D eigenvalue weighted by molar-refractivity contribution is 7.07. The summed E-state index contributed by atoms with van der Waals surface area (Å²) in [6.45, 7) is 2.29. The Hall–Kier alpha value is -5.41. The van der Waals surface area contributed by atoms with Crippen molar-refractivity contribution in [1.29, 1.82) is 0 Å². The average molecular weight is 633 g/mol. The van der Waals surface area contributed by atoms with Gasteiger partial charge in [-0.25, -0.2) is 9.79 Å². The van der Waals surface area contributed by atoms with Crippen LogP contribution in [0.2, 0.25) is 0 Å². The molecule has 1 aromatic heterocycles. The second-order valence-corrected chi connectivity index (χ2v) is 11.4. The lowest BCUT2D eigenvalue weighted by Gasteiger charge is -2.26. The van der Waals surface area contributed by atoms with Crippen LogP contribution in [0.1, 0.15) is 35.2 Å². The Bertz CT molecular complexity index is 2080. The fraction of sp³-hybridized carbons (Fsp3) is 0.162. The van der Waals surface area contributed by atoms with Gasteiger partial charge < -0.3 is 18.9 Å². The van der Waals surface area contributed by atoms with Gasteiger partial charge in [0.1, 0.15) is 12.4 Å². The van der Waals surface area contributed by atoms with E-state index in [0.717, 1.165) is 16.7 Å². The summed E-state index contributed by atoms with van der Waals surface area (Å²) in [6.07, 6.45) is 1.81. The van der Waals surface area contributed by atoms with E-state index < -0.39 is 12.0 Å². The minimum absolute atomic E-state index is 0.160. The molecule has 6 rings (SSSR count). The molecule has 0 amide bonds. The van der Waals surface area contributed by atoms with Crippen LogP contribution in [0.4, 0.5) is 0 Å². The summed E-state index contributed by atoms with van der Waals surface area (Å²) in [7, 11) is 3.10. The Morgan fingerprint density at radius 3 is 2.28 bits per heavy atom. The standard InChI is InChI=1S/C37H32N2O6S/c1-4-44-36(41)32-33(25-15-9-6-10-16-25)38-37-39(34(32)27-19-20-29(42-2)30(21-27)43-3)35(40)31(46-37)22-26-17-11-12-18-28(26)45-23-24-13-7-5-8-14-24/h5-22,34H,4,23H2,1-3H3/b31-22+/t34-/m0/s1. The fourth-order valence-corrected chi connectivity index (χ4v) is 6.38. The van der Waals surface area contributed by atoms with E-state index in [2.05, 4.69) is 0 Å². The molecule has 232 valence electrons. The monoisotopic (exact) mass is 632 g/mol. The first-order valence-corrected chi connectivity index (χ1v) is 15.6. The Balaban J connectivity index is 1.56. The number of hydrogen-bond donors (Lipinski definition) is 0. The summed E-state index contributed by atoms with van der Waals surface area (Å²) in [5.41, 5.74) is 3.56. The van der Waals surface area contributed by atoms with E-state index in [9.17, 15) is 9.59 Å². The maximum atomic E-state index is 14.3. The van der Waals surface area contributed by atoms with Gasteiger partial charge in [0.25, 0.3) is 5.56 Å². The van der Waals surface area contributed by atoms with Gasteiger partial charge in [-0.1, -0.05) is 96.3 Å². The van der Waals surface area contributed by atoms with Crippen molar-refractivity contribution >= 4 is 29.1 Å². The molecule has 0 fully saturated rings. The predicted octanol–water partition coefficient (Wildman–Crippen LogP) is 5.53. The van der Waals surface area contributed by atoms with Crippen LogP contribution in [0.5, 0.6) is 17.2 Å². The van der Waals surface area contributed by atoms with Crippen LogP contribution < -0.4 is 29.1 Å². The quantitative estimate of drug-likeness (QED) is 0.188. The number of methoxy groups -OCH3 is 2. The molecule has 4 aromatic carbocycles. The molecule has 8 nitrogen and oxygen atoms in total. The highest BCUT2D eigenvalue weighted by atomic mass is 32.1. The lowest BCUT2D eigenvalue weighted by molar-refractivity contribution is -0.138. The molecule has 1 atom stereocenters. The van der Waals surface area contributed by atoms with Crippen LogP contribution in [-0.4, -0.2) is 31.4 Å². The van der Waals surface area contributed by atoms with E-state index in [-0.39, 0.29) is 17.7 Å². The molecule has 0 aliphatic carbocycles. The first-order valence-electron chi connectivity index (χ1n) is 14.8. The topological polar surface area (TPSA) is 88.4 Å². The van der Waals surface area contributed by atoms with Gasteiger partial charge in [0.15, 0.2) is 16.3 Å². The van der Waals surface area contributed by atoms with Crippen molar-refractivity contribution in [3.8, 4) is 17.2 Å². The number of rotatable bonds is 10. The third kappa shape index (κ3) is 6.09. The second kappa shape index (κ2) is 13.7. The summed E-state index contributed by atoms with van der Waals surface area (Å²) in [5.74, 6) is 1.08. The molecule has 46 heavy (non-hydrogen) atoms. The zero-order valence-electron chi connectivity index (χ0n) is 25.6. The van der Waals surface area contributed by atoms with Gasteiger partial charge in [-0.3, -0.25) is 9.36 Å². The fourth-order valence-electron chi connectivity index (χ4n) is 5.39. The van der Waals surface area contributed by atoms with Crippen LogP contribution in [0.15, 0.2) is 118 Å². The third-order valence-electron chi connectivity index (χ3n) is 7.54. The van der Waals surface area contributed by atoms with Gasteiger partial charge in [0.05, 0.1) is 42.7 Å². The zero-order valence-corrected chi connectivity index (χ0v) is 26.5. The van der Waals surface area contributed by atoms with E-state index in [1.54, 1.807) is 37.8 Å². The zero-order chi connectivity index (χ0) is 32.0. The number of para-hydroxylation sites is 1. The van der Waals surface area contributed by atoms with Crippen molar-refractivity contribution in [2.24, 2.45) is 4.99 Å². The van der Waals surface area contributed by atoms with Crippen molar-refractivity contribution in [3.63, 3.8) is 0 Å². The molecule has 0 saturated carbocycles. The molecule has 9 heteroatoms. The molecule has 1 aliphatic rings. The van der Waals surface area contributed by atoms with Crippen molar-refractivity contribution < 1.29 is 23.7 Å². The molecule has 2 heterocycles. The van der Waals surface area contributed by atoms with Gasteiger partial charge in [0.2, 0.25) is 0 Å². The number of aromatic nitrogens is 1. The SMILES string of the molecule is CCOC(=O)C1=C(c2ccccc2)N=c2s/c(=C/c3ccccc3OCc3ccccc3)c(=O)n2[C@H]1c1ccc(OC)c(OC)c1. The molecule has 0 unspecified atom stereocenters. The molecule has 0 spiro atoms. The van der Waals surface area contributed by atoms with Crippen molar-refractivity contribution in [2.75, 3.05) is 20.8 Å². The predicted molar refractivity (Wildman–Crippen MR) is 178 cm³/mol. The number of benzene rings is 4. The molecule has 0 radical (unpaired) electrons. The lowest BCUT2D eigenvalue weighted by atomic mass is 9.93. The number of hydrogen-bond acceptors (Lipinski definition) is 8. The minimum Gasteiger partial charge on any atom is -0.493 e. The van der Waals surface area contributed by atoms with Gasteiger partial charge in [0, 0.05) is 11.1 Å². The number of carbonyl (C=O) groups excluding carboxylic acids is 1. The molecule has 5 aromatic rings. The second-order valence-electron chi connectivity index (χ2n) is 10.4. The number of carbonyl (C=O) groups is 1. The highest BCUT2D eigenvalue weighted by Crippen LogP contribution is 2.38. The first kappa shape index (κ1) is 30.6. The third-order valence-corrected chi connectivity index (χ3v) is 8.52. The van der Waals surface area contributed by atoms with E-state index in [1.165, 1.54) is 11.3 Å². The molecule has 0 saturated heterocycles. The van der Waals surface area contributed by atoms with Crippen molar-refractivity contribution in [1.82, 2.24) is 4.57 Å². The highest BCUT2D eigenvalue weighted by Gasteiger charge is 2.35. The number of ether oxygens (including phenoxy) is 4. The maximum absolute atomic E-state index is 14.3. The van der Waals surface area contributed by atoms with E-state index in [0.29, 0.717) is 44.4 Å². The Labute approximate surface area is 270 Å². The Morgan fingerprint density at radius 2 is 1.57 bits per heavy atom. The Kier molecular flexibility index (Phi) is 9.12. The van der Waals surface area contributed by atoms with Crippen molar-refractivity contribution in [3.05, 3.63) is 151 Å². The molecule has 0 bridgehead atoms. The minimum atomic E-state index is -0.850. The smallest absolute Gasteiger partial charge is 0.338 e. The maximum Gasteiger partial charge on any atom is 0.338 e. The molecule has 0 N–H and O–H groups in total. The van der Waals surface area contributed by atoms with E-state index in [4.69, 9.17) is 23.9 Å². The van der Waals surface area contributed by atoms with E-state index >= 15 is 0 Å². The van der Waals surface area contributed by atoms with E-state index in [1.807, 2.05) is 97.1 Å². The number of esters is 1. The van der Waals surface area contributed by atoms with Crippen LogP contribution in [0, 0.1) is 0 Å². The Morgan fingerprint density at radius 1 is 0.870 bits per heavy atom.